The minimum absolute atomic E-state index is 0.0440. The summed E-state index contributed by atoms with van der Waals surface area (Å²) in [4.78, 5) is 23.5. The monoisotopic (exact) mass is 426 g/mol. The quantitative estimate of drug-likeness (QED) is 0.545. The number of benzene rings is 2. The number of carbonyl (C=O) groups excluding carboxylic acids is 2. The normalized spacial score (nSPS) is 11.6. The Morgan fingerprint density at radius 1 is 1.07 bits per heavy atom. The highest BCUT2D eigenvalue weighted by molar-refractivity contribution is 6.30. The zero-order chi connectivity index (χ0) is 21.2. The second kappa shape index (κ2) is 11.3. The molecule has 0 fully saturated rings. The van der Waals surface area contributed by atoms with Crippen LogP contribution in [-0.2, 0) is 16.1 Å². The zero-order valence-electron chi connectivity index (χ0n) is 15.5. The van der Waals surface area contributed by atoms with Crippen LogP contribution in [0.25, 0.3) is 0 Å². The highest BCUT2D eigenvalue weighted by atomic mass is 35.5. The molecule has 1 atom stereocenters. The lowest BCUT2D eigenvalue weighted by Gasteiger charge is -2.12. The summed E-state index contributed by atoms with van der Waals surface area (Å²) >= 11 is 5.56. The van der Waals surface area contributed by atoms with Gasteiger partial charge in [-0.2, -0.15) is 0 Å². The molecule has 0 bridgehead atoms. The smallest absolute Gasteiger partial charge is 0.257 e. The summed E-state index contributed by atoms with van der Waals surface area (Å²) in [5, 5.41) is 15.0. The Balaban J connectivity index is 1.59. The molecule has 0 aliphatic heterocycles. The average Bonchev–Trinajstić information content (AvgIpc) is 2.68. The third-order valence-electron chi connectivity index (χ3n) is 3.88. The average molecular weight is 427 g/mol. The molecule has 0 radical (unpaired) electrons. The van der Waals surface area contributed by atoms with Crippen LogP contribution < -0.4 is 15.4 Å². The molecule has 0 aliphatic carbocycles. The van der Waals surface area contributed by atoms with E-state index in [2.05, 4.69) is 10.6 Å². The first-order valence-electron chi connectivity index (χ1n) is 8.87. The molecule has 0 aliphatic rings. The van der Waals surface area contributed by atoms with Crippen molar-refractivity contribution in [1.29, 1.82) is 0 Å². The van der Waals surface area contributed by atoms with E-state index in [1.807, 2.05) is 0 Å². The number of hydrogen-bond donors (Lipinski definition) is 3. The number of hydrogen-bond acceptors (Lipinski definition) is 4. The van der Waals surface area contributed by atoms with E-state index < -0.39 is 17.8 Å². The molecule has 6 nitrogen and oxygen atoms in total. The van der Waals surface area contributed by atoms with Gasteiger partial charge in [0.2, 0.25) is 5.91 Å². The van der Waals surface area contributed by atoms with Crippen molar-refractivity contribution in [1.82, 2.24) is 10.6 Å². The minimum Gasteiger partial charge on any atom is -0.484 e. The molecule has 9 heteroatoms. The zero-order valence-corrected chi connectivity index (χ0v) is 16.2. The second-order valence-electron chi connectivity index (χ2n) is 6.26. The van der Waals surface area contributed by atoms with Crippen LogP contribution >= 0.6 is 11.6 Å². The third kappa shape index (κ3) is 8.45. The third-order valence-corrected chi connectivity index (χ3v) is 4.19. The summed E-state index contributed by atoms with van der Waals surface area (Å²) in [7, 11) is 0. The van der Waals surface area contributed by atoms with Crippen LogP contribution in [-0.4, -0.2) is 36.2 Å². The van der Waals surface area contributed by atoms with Crippen LogP contribution in [0.4, 0.5) is 8.78 Å². The Morgan fingerprint density at radius 3 is 2.48 bits per heavy atom. The van der Waals surface area contributed by atoms with E-state index in [0.29, 0.717) is 0 Å². The van der Waals surface area contributed by atoms with E-state index in [0.717, 1.165) is 11.6 Å². The lowest BCUT2D eigenvalue weighted by Crippen LogP contribution is -2.33. The molecular formula is C20H21ClF2N2O4. The van der Waals surface area contributed by atoms with Crippen molar-refractivity contribution in [2.75, 3.05) is 13.2 Å². The van der Waals surface area contributed by atoms with Crippen LogP contribution in [0, 0.1) is 11.6 Å². The molecule has 0 spiro atoms. The van der Waals surface area contributed by atoms with Gasteiger partial charge in [-0.15, -0.1) is 0 Å². The van der Waals surface area contributed by atoms with E-state index in [1.165, 1.54) is 24.3 Å². The highest BCUT2D eigenvalue weighted by Gasteiger charge is 2.12. The van der Waals surface area contributed by atoms with Crippen LogP contribution in [0.2, 0.25) is 5.02 Å². The largest absolute Gasteiger partial charge is 0.484 e. The molecule has 0 saturated carbocycles. The fourth-order valence-corrected chi connectivity index (χ4v) is 2.45. The molecule has 29 heavy (non-hydrogen) atoms. The molecule has 2 aromatic rings. The van der Waals surface area contributed by atoms with Crippen LogP contribution in [0.1, 0.15) is 18.4 Å². The number of halogens is 3. The molecular weight excluding hydrogens is 406 g/mol. The van der Waals surface area contributed by atoms with Crippen molar-refractivity contribution < 1.29 is 28.2 Å². The van der Waals surface area contributed by atoms with Gasteiger partial charge in [0, 0.05) is 19.2 Å². The molecule has 0 aromatic heterocycles. The molecule has 1 unspecified atom stereocenters. The van der Waals surface area contributed by atoms with Crippen molar-refractivity contribution >= 4 is 23.4 Å². The van der Waals surface area contributed by atoms with Gasteiger partial charge < -0.3 is 20.5 Å². The predicted molar refractivity (Wildman–Crippen MR) is 103 cm³/mol. The van der Waals surface area contributed by atoms with Gasteiger partial charge in [-0.05, 0) is 36.2 Å². The van der Waals surface area contributed by atoms with Gasteiger partial charge >= 0.3 is 0 Å². The fraction of sp³-hybridized carbons (Fsp3) is 0.300. The van der Waals surface area contributed by atoms with Crippen LogP contribution in [0.15, 0.2) is 42.5 Å². The predicted octanol–water partition coefficient (Wildman–Crippen LogP) is 2.57. The number of aliphatic hydroxyl groups excluding tert-OH is 1. The topological polar surface area (TPSA) is 87.7 Å². The van der Waals surface area contributed by atoms with E-state index in [1.54, 1.807) is 12.1 Å². The first-order chi connectivity index (χ1) is 13.8. The maximum absolute atomic E-state index is 13.3. The first-order valence-corrected chi connectivity index (χ1v) is 9.25. The molecule has 2 rings (SSSR count). The van der Waals surface area contributed by atoms with Gasteiger partial charge in [-0.3, -0.25) is 9.59 Å². The van der Waals surface area contributed by atoms with Gasteiger partial charge in [0.15, 0.2) is 6.61 Å². The number of aliphatic hydroxyl groups is 1. The first kappa shape index (κ1) is 22.6. The molecule has 3 N–H and O–H groups in total. The summed E-state index contributed by atoms with van der Waals surface area (Å²) in [6.45, 7) is 0.0457. The second-order valence-corrected chi connectivity index (χ2v) is 6.67. The summed E-state index contributed by atoms with van der Waals surface area (Å²) < 4.78 is 31.2. The van der Waals surface area contributed by atoms with Crippen molar-refractivity contribution in [3.8, 4) is 5.75 Å². The van der Waals surface area contributed by atoms with Gasteiger partial charge in [0.05, 0.1) is 17.5 Å². The molecule has 2 amide bonds. The molecule has 156 valence electrons. The maximum atomic E-state index is 13.3. The molecule has 0 saturated heterocycles. The van der Waals surface area contributed by atoms with Crippen molar-refractivity contribution in [2.45, 2.75) is 25.5 Å². The minimum atomic E-state index is -0.935. The fourth-order valence-electron chi connectivity index (χ4n) is 2.34. The van der Waals surface area contributed by atoms with E-state index >= 15 is 0 Å². The summed E-state index contributed by atoms with van der Waals surface area (Å²) in [5.74, 6) is -1.65. The lowest BCUT2D eigenvalue weighted by molar-refractivity contribution is -0.123. The Kier molecular flexibility index (Phi) is 8.82. The maximum Gasteiger partial charge on any atom is 0.257 e. The van der Waals surface area contributed by atoms with E-state index in [9.17, 15) is 23.5 Å². The van der Waals surface area contributed by atoms with Gasteiger partial charge in [-0.1, -0.05) is 23.7 Å². The number of amides is 2. The summed E-state index contributed by atoms with van der Waals surface area (Å²) in [6.07, 6.45) is -0.891. The van der Waals surface area contributed by atoms with Gasteiger partial charge in [-0.25, -0.2) is 8.78 Å². The lowest BCUT2D eigenvalue weighted by atomic mass is 10.1. The van der Waals surface area contributed by atoms with Gasteiger partial charge in [0.25, 0.3) is 5.91 Å². The Hall–Kier alpha value is -2.71. The standard InChI is InChI=1S/C20H21ClF2N2O4/c21-17-6-5-16(10-18(17)23)29-12-20(28)24-8-7-15(26)9-19(27)25-11-13-1-3-14(22)4-2-13/h1-6,10,15,26H,7-9,11-12H2,(H,24,28)(H,25,27). The van der Waals surface area contributed by atoms with Crippen LogP contribution in [0.3, 0.4) is 0 Å². The van der Waals surface area contributed by atoms with Crippen molar-refractivity contribution in [2.24, 2.45) is 0 Å². The number of carbonyl (C=O) groups is 2. The number of rotatable bonds is 10. The van der Waals surface area contributed by atoms with Gasteiger partial charge in [0.1, 0.15) is 17.4 Å². The summed E-state index contributed by atoms with van der Waals surface area (Å²) in [5.41, 5.74) is 0.738. The Morgan fingerprint density at radius 2 is 1.79 bits per heavy atom. The molecule has 0 heterocycles. The number of ether oxygens (including phenoxy) is 1. The number of nitrogens with one attached hydrogen (secondary N) is 2. The van der Waals surface area contributed by atoms with E-state index in [-0.39, 0.29) is 55.0 Å². The van der Waals surface area contributed by atoms with Crippen molar-refractivity contribution in [3.63, 3.8) is 0 Å². The van der Waals surface area contributed by atoms with Crippen molar-refractivity contribution in [3.05, 3.63) is 64.7 Å². The Labute approximate surface area is 171 Å². The molecule has 2 aromatic carbocycles. The summed E-state index contributed by atoms with van der Waals surface area (Å²) in [6, 6.07) is 9.54. The van der Waals surface area contributed by atoms with E-state index in [4.69, 9.17) is 16.3 Å². The van der Waals surface area contributed by atoms with Crippen LogP contribution in [0.5, 0.6) is 5.75 Å². The Bertz CT molecular complexity index is 834. The highest BCUT2D eigenvalue weighted by Crippen LogP contribution is 2.20. The SMILES string of the molecule is O=C(COc1ccc(Cl)c(F)c1)NCCC(O)CC(=O)NCc1ccc(F)cc1.